The SMILES string of the molecule is COc1cccc(CCC(=O)Nc2ccc(C)c(S(=O)(=O)Nc3ccccc3Cl)c2)c1. The van der Waals surface area contributed by atoms with E-state index in [1.165, 1.54) is 6.07 Å². The molecule has 0 aliphatic carbocycles. The number of carbonyl (C=O) groups is 1. The predicted octanol–water partition coefficient (Wildman–Crippen LogP) is 5.03. The molecule has 0 aromatic heterocycles. The summed E-state index contributed by atoms with van der Waals surface area (Å²) in [7, 11) is -2.29. The molecule has 0 saturated heterocycles. The third kappa shape index (κ3) is 5.99. The highest BCUT2D eigenvalue weighted by atomic mass is 35.5. The molecular formula is C23H23ClN2O4S. The third-order valence-corrected chi connectivity index (χ3v) is 6.49. The minimum Gasteiger partial charge on any atom is -0.497 e. The van der Waals surface area contributed by atoms with Gasteiger partial charge in [-0.15, -0.1) is 0 Å². The standard InChI is InChI=1S/C23H23ClN2O4S/c1-16-10-12-18(25-23(27)13-11-17-6-5-7-19(14-17)30-2)15-22(16)31(28,29)26-21-9-4-3-8-20(21)24/h3-10,12,14-15,26H,11,13H2,1-2H3,(H,25,27). The van der Waals surface area contributed by atoms with Crippen LogP contribution in [0.1, 0.15) is 17.5 Å². The lowest BCUT2D eigenvalue weighted by atomic mass is 10.1. The van der Waals surface area contributed by atoms with Gasteiger partial charge in [0.1, 0.15) is 5.75 Å². The Balaban J connectivity index is 1.71. The number of halogens is 1. The molecule has 0 bridgehead atoms. The summed E-state index contributed by atoms with van der Waals surface area (Å²) >= 11 is 6.07. The highest BCUT2D eigenvalue weighted by Crippen LogP contribution is 2.27. The summed E-state index contributed by atoms with van der Waals surface area (Å²) in [6.07, 6.45) is 0.787. The van der Waals surface area contributed by atoms with E-state index in [9.17, 15) is 13.2 Å². The van der Waals surface area contributed by atoms with Crippen molar-refractivity contribution in [3.63, 3.8) is 0 Å². The molecule has 3 rings (SSSR count). The quantitative estimate of drug-likeness (QED) is 0.495. The maximum absolute atomic E-state index is 12.9. The van der Waals surface area contributed by atoms with Crippen LogP contribution in [0.4, 0.5) is 11.4 Å². The van der Waals surface area contributed by atoms with Gasteiger partial charge in [-0.2, -0.15) is 0 Å². The maximum atomic E-state index is 12.9. The number of methoxy groups -OCH3 is 1. The summed E-state index contributed by atoms with van der Waals surface area (Å²) in [5.74, 6) is 0.520. The van der Waals surface area contributed by atoms with Crippen molar-refractivity contribution < 1.29 is 17.9 Å². The minimum absolute atomic E-state index is 0.0676. The van der Waals surface area contributed by atoms with Gasteiger partial charge in [0.25, 0.3) is 10.0 Å². The van der Waals surface area contributed by atoms with Crippen LogP contribution in [0.3, 0.4) is 0 Å². The number of para-hydroxylation sites is 1. The molecule has 3 aromatic rings. The molecule has 0 spiro atoms. The Bertz CT molecular complexity index is 1200. The molecule has 6 nitrogen and oxygen atoms in total. The third-order valence-electron chi connectivity index (χ3n) is 4.65. The van der Waals surface area contributed by atoms with Crippen LogP contribution in [-0.2, 0) is 21.2 Å². The number of amides is 1. The first-order valence-electron chi connectivity index (χ1n) is 9.59. The van der Waals surface area contributed by atoms with Gasteiger partial charge < -0.3 is 10.1 Å². The molecule has 0 radical (unpaired) electrons. The fourth-order valence-electron chi connectivity index (χ4n) is 3.02. The van der Waals surface area contributed by atoms with Gasteiger partial charge in [0.05, 0.1) is 22.7 Å². The van der Waals surface area contributed by atoms with Crippen molar-refractivity contribution in [1.29, 1.82) is 0 Å². The van der Waals surface area contributed by atoms with Crippen molar-refractivity contribution >= 4 is 38.9 Å². The Labute approximate surface area is 187 Å². The second-order valence-electron chi connectivity index (χ2n) is 6.97. The summed E-state index contributed by atoms with van der Waals surface area (Å²) < 4.78 is 33.5. The summed E-state index contributed by atoms with van der Waals surface area (Å²) in [5, 5.41) is 3.06. The van der Waals surface area contributed by atoms with Crippen LogP contribution >= 0.6 is 11.6 Å². The van der Waals surface area contributed by atoms with Crippen LogP contribution in [-0.4, -0.2) is 21.4 Å². The number of benzene rings is 3. The van der Waals surface area contributed by atoms with Gasteiger partial charge in [-0.1, -0.05) is 41.9 Å². The van der Waals surface area contributed by atoms with E-state index in [0.29, 0.717) is 22.7 Å². The van der Waals surface area contributed by atoms with E-state index >= 15 is 0 Å². The van der Waals surface area contributed by atoms with Gasteiger partial charge in [-0.25, -0.2) is 8.42 Å². The fourth-order valence-corrected chi connectivity index (χ4v) is 4.61. The highest BCUT2D eigenvalue weighted by Gasteiger charge is 2.19. The Morgan fingerprint density at radius 2 is 1.81 bits per heavy atom. The van der Waals surface area contributed by atoms with E-state index in [2.05, 4.69) is 10.0 Å². The first-order chi connectivity index (χ1) is 14.8. The lowest BCUT2D eigenvalue weighted by molar-refractivity contribution is -0.116. The lowest BCUT2D eigenvalue weighted by Crippen LogP contribution is -2.16. The molecular weight excluding hydrogens is 436 g/mol. The Morgan fingerprint density at radius 1 is 1.03 bits per heavy atom. The number of nitrogens with one attached hydrogen (secondary N) is 2. The summed E-state index contributed by atoms with van der Waals surface area (Å²) in [5.41, 5.74) is 2.22. The largest absolute Gasteiger partial charge is 0.497 e. The molecule has 31 heavy (non-hydrogen) atoms. The Kier molecular flexibility index (Phi) is 7.20. The van der Waals surface area contributed by atoms with E-state index in [1.54, 1.807) is 50.4 Å². The second kappa shape index (κ2) is 9.85. The van der Waals surface area contributed by atoms with Gasteiger partial charge in [0.2, 0.25) is 5.91 Å². The molecule has 0 unspecified atom stereocenters. The van der Waals surface area contributed by atoms with Crippen molar-refractivity contribution in [1.82, 2.24) is 0 Å². The maximum Gasteiger partial charge on any atom is 0.262 e. The van der Waals surface area contributed by atoms with E-state index in [-0.39, 0.29) is 22.9 Å². The Morgan fingerprint density at radius 3 is 2.55 bits per heavy atom. The van der Waals surface area contributed by atoms with Gasteiger partial charge in [-0.3, -0.25) is 9.52 Å². The number of anilines is 2. The number of aryl methyl sites for hydroxylation is 2. The van der Waals surface area contributed by atoms with E-state index < -0.39 is 10.0 Å². The number of hydrogen-bond donors (Lipinski definition) is 2. The molecule has 3 aromatic carbocycles. The molecule has 1 amide bonds. The molecule has 2 N–H and O–H groups in total. The van der Waals surface area contributed by atoms with E-state index in [4.69, 9.17) is 16.3 Å². The highest BCUT2D eigenvalue weighted by molar-refractivity contribution is 7.92. The van der Waals surface area contributed by atoms with Crippen molar-refractivity contribution in [2.45, 2.75) is 24.7 Å². The van der Waals surface area contributed by atoms with Crippen molar-refractivity contribution in [3.05, 3.63) is 82.9 Å². The average Bonchev–Trinajstić information content (AvgIpc) is 2.75. The van der Waals surface area contributed by atoms with E-state index in [1.807, 2.05) is 24.3 Å². The van der Waals surface area contributed by atoms with Crippen molar-refractivity contribution in [2.24, 2.45) is 0 Å². The van der Waals surface area contributed by atoms with Gasteiger partial charge in [0.15, 0.2) is 0 Å². The number of rotatable bonds is 8. The summed E-state index contributed by atoms with van der Waals surface area (Å²) in [6.45, 7) is 1.69. The minimum atomic E-state index is -3.89. The first-order valence-corrected chi connectivity index (χ1v) is 11.5. The van der Waals surface area contributed by atoms with Crippen LogP contribution in [0.5, 0.6) is 5.75 Å². The molecule has 0 fully saturated rings. The molecule has 0 aliphatic rings. The predicted molar refractivity (Wildman–Crippen MR) is 123 cm³/mol. The lowest BCUT2D eigenvalue weighted by Gasteiger charge is -2.13. The van der Waals surface area contributed by atoms with E-state index in [0.717, 1.165) is 11.3 Å². The molecule has 162 valence electrons. The number of ether oxygens (including phenoxy) is 1. The zero-order valence-corrected chi connectivity index (χ0v) is 18.8. The van der Waals surface area contributed by atoms with Gasteiger partial charge >= 0.3 is 0 Å². The number of hydrogen-bond acceptors (Lipinski definition) is 4. The smallest absolute Gasteiger partial charge is 0.262 e. The molecule has 0 saturated carbocycles. The topological polar surface area (TPSA) is 84.5 Å². The monoisotopic (exact) mass is 458 g/mol. The molecule has 0 atom stereocenters. The van der Waals surface area contributed by atoms with Crippen LogP contribution < -0.4 is 14.8 Å². The van der Waals surface area contributed by atoms with Gasteiger partial charge in [0, 0.05) is 12.1 Å². The van der Waals surface area contributed by atoms with Crippen molar-refractivity contribution in [2.75, 3.05) is 17.1 Å². The molecule has 8 heteroatoms. The zero-order chi connectivity index (χ0) is 22.4. The van der Waals surface area contributed by atoms with Crippen LogP contribution in [0.25, 0.3) is 0 Å². The van der Waals surface area contributed by atoms with Crippen molar-refractivity contribution in [3.8, 4) is 5.75 Å². The summed E-state index contributed by atoms with van der Waals surface area (Å²) in [4.78, 5) is 12.5. The first kappa shape index (κ1) is 22.7. The molecule has 0 aliphatic heterocycles. The number of carbonyl (C=O) groups excluding carboxylic acids is 1. The van der Waals surface area contributed by atoms with Crippen LogP contribution in [0.2, 0.25) is 5.02 Å². The number of sulfonamides is 1. The van der Waals surface area contributed by atoms with Gasteiger partial charge in [-0.05, 0) is 60.9 Å². The Hall–Kier alpha value is -3.03. The normalized spacial score (nSPS) is 11.1. The summed E-state index contributed by atoms with van der Waals surface area (Å²) in [6, 6.07) is 18.9. The molecule has 0 heterocycles. The van der Waals surface area contributed by atoms with Crippen LogP contribution in [0.15, 0.2) is 71.6 Å². The zero-order valence-electron chi connectivity index (χ0n) is 17.2. The second-order valence-corrected chi connectivity index (χ2v) is 9.02. The average molecular weight is 459 g/mol. The van der Waals surface area contributed by atoms with Crippen LogP contribution in [0, 0.1) is 6.92 Å². The fraction of sp³-hybridized carbons (Fsp3) is 0.174.